The molecule has 0 aliphatic carbocycles. The standard InChI is InChI=1S/C9H4Br2O2S/c10-5-2-1-4-6(11)3-14-8(4)7(5)9(12)13/h1-3H,(H,12,13). The number of aromatic carboxylic acids is 1. The van der Waals surface area contributed by atoms with E-state index in [4.69, 9.17) is 5.11 Å². The van der Waals surface area contributed by atoms with E-state index in [9.17, 15) is 4.79 Å². The molecule has 0 unspecified atom stereocenters. The number of rotatable bonds is 1. The van der Waals surface area contributed by atoms with Gasteiger partial charge in [0.25, 0.3) is 0 Å². The van der Waals surface area contributed by atoms with Gasteiger partial charge in [0.15, 0.2) is 0 Å². The summed E-state index contributed by atoms with van der Waals surface area (Å²) < 4.78 is 2.35. The number of halogens is 2. The lowest BCUT2D eigenvalue weighted by Crippen LogP contribution is -1.97. The summed E-state index contributed by atoms with van der Waals surface area (Å²) in [6.45, 7) is 0. The highest BCUT2D eigenvalue weighted by molar-refractivity contribution is 9.11. The van der Waals surface area contributed by atoms with Gasteiger partial charge in [-0.1, -0.05) is 6.07 Å². The van der Waals surface area contributed by atoms with Crippen LogP contribution in [0, 0.1) is 0 Å². The van der Waals surface area contributed by atoms with Gasteiger partial charge in [-0.2, -0.15) is 0 Å². The van der Waals surface area contributed by atoms with Crippen LogP contribution in [0.15, 0.2) is 26.5 Å². The van der Waals surface area contributed by atoms with Crippen molar-refractivity contribution >= 4 is 59.3 Å². The molecular weight excluding hydrogens is 332 g/mol. The minimum Gasteiger partial charge on any atom is -0.478 e. The van der Waals surface area contributed by atoms with Gasteiger partial charge in [0.2, 0.25) is 0 Å². The Balaban J connectivity index is 2.90. The Labute approximate surface area is 101 Å². The van der Waals surface area contributed by atoms with E-state index >= 15 is 0 Å². The SMILES string of the molecule is O=C(O)c1c(Br)ccc2c(Br)csc12. The van der Waals surface area contributed by atoms with E-state index in [1.165, 1.54) is 11.3 Å². The van der Waals surface area contributed by atoms with Crippen molar-refractivity contribution in [2.24, 2.45) is 0 Å². The second-order valence-electron chi connectivity index (χ2n) is 2.69. The summed E-state index contributed by atoms with van der Waals surface area (Å²) in [5.74, 6) is -0.906. The van der Waals surface area contributed by atoms with Crippen LogP contribution >= 0.6 is 43.2 Å². The summed E-state index contributed by atoms with van der Waals surface area (Å²) >= 11 is 8.04. The van der Waals surface area contributed by atoms with Crippen molar-refractivity contribution in [1.29, 1.82) is 0 Å². The molecule has 5 heteroatoms. The zero-order valence-corrected chi connectivity index (χ0v) is 10.7. The molecule has 0 aliphatic rings. The van der Waals surface area contributed by atoms with Gasteiger partial charge in [0.05, 0.1) is 10.3 Å². The van der Waals surface area contributed by atoms with Crippen molar-refractivity contribution < 1.29 is 9.90 Å². The van der Waals surface area contributed by atoms with Crippen LogP contribution < -0.4 is 0 Å². The van der Waals surface area contributed by atoms with E-state index in [0.29, 0.717) is 10.0 Å². The van der Waals surface area contributed by atoms with Crippen molar-refractivity contribution in [3.8, 4) is 0 Å². The number of fused-ring (bicyclic) bond motifs is 1. The molecule has 14 heavy (non-hydrogen) atoms. The maximum atomic E-state index is 11.0. The van der Waals surface area contributed by atoms with Crippen LogP contribution in [0.25, 0.3) is 10.1 Å². The summed E-state index contributed by atoms with van der Waals surface area (Å²) in [5.41, 5.74) is 0.332. The fraction of sp³-hybridized carbons (Fsp3) is 0. The van der Waals surface area contributed by atoms with Gasteiger partial charge in [-0.25, -0.2) is 4.79 Å². The summed E-state index contributed by atoms with van der Waals surface area (Å²) in [4.78, 5) is 11.0. The zero-order chi connectivity index (χ0) is 10.3. The van der Waals surface area contributed by atoms with Crippen LogP contribution in [-0.2, 0) is 0 Å². The molecule has 1 heterocycles. The third-order valence-corrected chi connectivity index (χ3v) is 4.49. The largest absolute Gasteiger partial charge is 0.478 e. The second-order valence-corrected chi connectivity index (χ2v) is 5.28. The smallest absolute Gasteiger partial charge is 0.338 e. The normalized spacial score (nSPS) is 10.7. The lowest BCUT2D eigenvalue weighted by molar-refractivity contribution is 0.0698. The molecular formula is C9H4Br2O2S. The molecule has 0 aliphatic heterocycles. The Kier molecular flexibility index (Phi) is 2.64. The maximum Gasteiger partial charge on any atom is 0.338 e. The molecule has 2 nitrogen and oxygen atoms in total. The minimum absolute atomic E-state index is 0.332. The van der Waals surface area contributed by atoms with Gasteiger partial charge in [0.1, 0.15) is 0 Å². The Morgan fingerprint density at radius 1 is 1.29 bits per heavy atom. The quantitative estimate of drug-likeness (QED) is 0.851. The van der Waals surface area contributed by atoms with E-state index in [1.54, 1.807) is 6.07 Å². The number of carboxylic acid groups (broad SMARTS) is 1. The molecule has 2 aromatic rings. The number of benzene rings is 1. The molecule has 1 N–H and O–H groups in total. The number of carboxylic acids is 1. The van der Waals surface area contributed by atoms with E-state index < -0.39 is 5.97 Å². The molecule has 2 rings (SSSR count). The molecule has 0 saturated heterocycles. The average Bonchev–Trinajstić information content (AvgIpc) is 2.47. The van der Waals surface area contributed by atoms with Crippen LogP contribution in [0.3, 0.4) is 0 Å². The van der Waals surface area contributed by atoms with Gasteiger partial charge < -0.3 is 5.11 Å². The predicted molar refractivity (Wildman–Crippen MR) is 64.2 cm³/mol. The predicted octanol–water partition coefficient (Wildman–Crippen LogP) is 4.12. The monoisotopic (exact) mass is 334 g/mol. The van der Waals surface area contributed by atoms with Crippen LogP contribution in [0.1, 0.15) is 10.4 Å². The summed E-state index contributed by atoms with van der Waals surface area (Å²) in [7, 11) is 0. The average molecular weight is 336 g/mol. The molecule has 0 radical (unpaired) electrons. The highest BCUT2D eigenvalue weighted by atomic mass is 79.9. The van der Waals surface area contributed by atoms with Crippen molar-refractivity contribution in [1.82, 2.24) is 0 Å². The molecule has 1 aromatic heterocycles. The summed E-state index contributed by atoms with van der Waals surface area (Å²) in [6, 6.07) is 3.65. The maximum absolute atomic E-state index is 11.0. The number of hydrogen-bond acceptors (Lipinski definition) is 2. The molecule has 0 saturated carbocycles. The molecule has 0 amide bonds. The van der Waals surface area contributed by atoms with Crippen molar-refractivity contribution in [3.63, 3.8) is 0 Å². The number of thiophene rings is 1. The molecule has 72 valence electrons. The lowest BCUT2D eigenvalue weighted by Gasteiger charge is -2.00. The van der Waals surface area contributed by atoms with Gasteiger partial charge >= 0.3 is 5.97 Å². The first-order chi connectivity index (χ1) is 6.61. The first-order valence-corrected chi connectivity index (χ1v) is 6.16. The topological polar surface area (TPSA) is 37.3 Å². The fourth-order valence-electron chi connectivity index (χ4n) is 1.24. The Morgan fingerprint density at radius 3 is 2.64 bits per heavy atom. The van der Waals surface area contributed by atoms with Crippen LogP contribution in [0.2, 0.25) is 0 Å². The van der Waals surface area contributed by atoms with Gasteiger partial charge in [-0.05, 0) is 37.9 Å². The van der Waals surface area contributed by atoms with Crippen molar-refractivity contribution in [3.05, 3.63) is 32.0 Å². The fourth-order valence-corrected chi connectivity index (χ4v) is 3.58. The Bertz CT molecular complexity index is 519. The molecule has 1 aromatic carbocycles. The molecule has 0 spiro atoms. The second kappa shape index (κ2) is 3.64. The molecule has 0 bridgehead atoms. The summed E-state index contributed by atoms with van der Waals surface area (Å²) in [6.07, 6.45) is 0. The summed E-state index contributed by atoms with van der Waals surface area (Å²) in [5, 5.41) is 11.9. The minimum atomic E-state index is -0.906. The molecule has 0 fully saturated rings. The van der Waals surface area contributed by atoms with Crippen LogP contribution in [-0.4, -0.2) is 11.1 Å². The zero-order valence-electron chi connectivity index (χ0n) is 6.75. The first-order valence-electron chi connectivity index (χ1n) is 3.69. The lowest BCUT2D eigenvalue weighted by atomic mass is 10.2. The van der Waals surface area contributed by atoms with Gasteiger partial charge in [-0.15, -0.1) is 11.3 Å². The van der Waals surface area contributed by atoms with Gasteiger partial charge in [-0.3, -0.25) is 0 Å². The number of hydrogen-bond donors (Lipinski definition) is 1. The Hall–Kier alpha value is -0.390. The number of carbonyl (C=O) groups is 1. The Morgan fingerprint density at radius 2 is 2.00 bits per heavy atom. The third-order valence-electron chi connectivity index (χ3n) is 1.86. The third kappa shape index (κ3) is 1.49. The highest BCUT2D eigenvalue weighted by Gasteiger charge is 2.15. The van der Waals surface area contributed by atoms with E-state index in [0.717, 1.165) is 14.6 Å². The van der Waals surface area contributed by atoms with E-state index in [1.807, 2.05) is 11.4 Å². The van der Waals surface area contributed by atoms with Gasteiger partial charge in [0, 0.05) is 19.7 Å². The first kappa shape index (κ1) is 10.1. The van der Waals surface area contributed by atoms with E-state index in [2.05, 4.69) is 31.9 Å². The highest BCUT2D eigenvalue weighted by Crippen LogP contribution is 2.35. The van der Waals surface area contributed by atoms with Crippen LogP contribution in [0.4, 0.5) is 0 Å². The molecule has 0 atom stereocenters. The van der Waals surface area contributed by atoms with Crippen molar-refractivity contribution in [2.45, 2.75) is 0 Å². The van der Waals surface area contributed by atoms with Crippen molar-refractivity contribution in [2.75, 3.05) is 0 Å². The van der Waals surface area contributed by atoms with E-state index in [-0.39, 0.29) is 0 Å². The van der Waals surface area contributed by atoms with Crippen LogP contribution in [0.5, 0.6) is 0 Å².